The zero-order valence-corrected chi connectivity index (χ0v) is 9.40. The molecule has 4 heteroatoms. The fraction of sp³-hybridized carbons (Fsp3) is 0.0833. The van der Waals surface area contributed by atoms with E-state index in [0.717, 1.165) is 0 Å². The summed E-state index contributed by atoms with van der Waals surface area (Å²) in [4.78, 5) is 20.0. The van der Waals surface area contributed by atoms with Crippen molar-refractivity contribution in [3.8, 4) is 0 Å². The summed E-state index contributed by atoms with van der Waals surface area (Å²) in [5, 5.41) is 0.438. The van der Waals surface area contributed by atoms with Crippen LogP contribution < -0.4 is 0 Å². The van der Waals surface area contributed by atoms with Gasteiger partial charge in [-0.25, -0.2) is 9.97 Å². The van der Waals surface area contributed by atoms with Crippen molar-refractivity contribution in [2.45, 2.75) is 6.92 Å². The second-order valence-electron chi connectivity index (χ2n) is 3.33. The lowest BCUT2D eigenvalue weighted by Crippen LogP contribution is -2.04. The number of carbonyl (C=O) groups excluding carboxylic acids is 1. The normalized spacial score (nSPS) is 10.1. The largest absolute Gasteiger partial charge is 0.288 e. The van der Waals surface area contributed by atoms with Gasteiger partial charge in [-0.05, 0) is 19.1 Å². The van der Waals surface area contributed by atoms with Crippen molar-refractivity contribution in [1.29, 1.82) is 0 Å². The molecule has 0 saturated carbocycles. The maximum absolute atomic E-state index is 12.0. The van der Waals surface area contributed by atoms with Gasteiger partial charge in [0.05, 0.1) is 10.6 Å². The van der Waals surface area contributed by atoms with Gasteiger partial charge in [-0.15, -0.1) is 0 Å². The first-order chi connectivity index (χ1) is 7.68. The van der Waals surface area contributed by atoms with E-state index in [1.165, 1.54) is 12.4 Å². The van der Waals surface area contributed by atoms with E-state index in [9.17, 15) is 4.79 Å². The highest BCUT2D eigenvalue weighted by Gasteiger charge is 2.12. The number of carbonyl (C=O) groups is 1. The van der Waals surface area contributed by atoms with E-state index in [1.54, 1.807) is 31.2 Å². The molecule has 80 valence electrons. The molecule has 1 heterocycles. The van der Waals surface area contributed by atoms with E-state index in [2.05, 4.69) is 9.97 Å². The minimum atomic E-state index is -0.161. The number of hydrogen-bond donors (Lipinski definition) is 0. The number of rotatable bonds is 2. The number of nitrogens with zero attached hydrogens (tertiary/aromatic N) is 2. The molecule has 0 saturated heterocycles. The van der Waals surface area contributed by atoms with Gasteiger partial charge in [-0.1, -0.05) is 23.7 Å². The summed E-state index contributed by atoms with van der Waals surface area (Å²) in [5.74, 6) is 0.473. The Kier molecular flexibility index (Phi) is 2.97. The van der Waals surface area contributed by atoms with E-state index in [-0.39, 0.29) is 5.78 Å². The molecule has 0 unspecified atom stereocenters. The molecule has 0 radical (unpaired) electrons. The van der Waals surface area contributed by atoms with Crippen molar-refractivity contribution in [3.05, 3.63) is 58.6 Å². The van der Waals surface area contributed by atoms with Crippen LogP contribution in [0.25, 0.3) is 0 Å². The third-order valence-corrected chi connectivity index (χ3v) is 2.49. The zero-order chi connectivity index (χ0) is 11.5. The van der Waals surface area contributed by atoms with Crippen LogP contribution in [-0.4, -0.2) is 15.8 Å². The van der Waals surface area contributed by atoms with Crippen LogP contribution in [0.2, 0.25) is 5.02 Å². The van der Waals surface area contributed by atoms with Crippen LogP contribution in [-0.2, 0) is 0 Å². The molecular weight excluding hydrogens is 224 g/mol. The first-order valence-electron chi connectivity index (χ1n) is 4.76. The quantitative estimate of drug-likeness (QED) is 0.748. The smallest absolute Gasteiger partial charge is 0.197 e. The molecular formula is C12H9ClN2O. The molecule has 3 nitrogen and oxygen atoms in total. The number of halogens is 1. The molecule has 2 rings (SSSR count). The van der Waals surface area contributed by atoms with E-state index < -0.39 is 0 Å². The van der Waals surface area contributed by atoms with Crippen LogP contribution in [0.5, 0.6) is 0 Å². The molecule has 1 aromatic heterocycles. The van der Waals surface area contributed by atoms with E-state index in [1.807, 2.05) is 0 Å². The Morgan fingerprint density at radius 3 is 2.44 bits per heavy atom. The first kappa shape index (κ1) is 10.8. The van der Waals surface area contributed by atoms with Gasteiger partial charge in [0, 0.05) is 18.0 Å². The average Bonchev–Trinajstić information content (AvgIpc) is 2.30. The summed E-state index contributed by atoms with van der Waals surface area (Å²) in [6.07, 6.45) is 3.02. The summed E-state index contributed by atoms with van der Waals surface area (Å²) in [6, 6.07) is 6.92. The summed E-state index contributed by atoms with van der Waals surface area (Å²) >= 11 is 5.94. The molecule has 0 aliphatic rings. The second kappa shape index (κ2) is 4.41. The number of ketones is 1. The lowest BCUT2D eigenvalue weighted by atomic mass is 10.1. The summed E-state index contributed by atoms with van der Waals surface area (Å²) in [7, 11) is 0. The third-order valence-electron chi connectivity index (χ3n) is 2.16. The number of hydrogen-bond acceptors (Lipinski definition) is 3. The van der Waals surface area contributed by atoms with Crippen LogP contribution in [0.4, 0.5) is 0 Å². The molecule has 2 aromatic rings. The minimum absolute atomic E-state index is 0.161. The predicted molar refractivity (Wildman–Crippen MR) is 61.7 cm³/mol. The summed E-state index contributed by atoms with van der Waals surface area (Å²) in [6.45, 7) is 1.77. The van der Waals surface area contributed by atoms with E-state index in [4.69, 9.17) is 11.6 Å². The number of aromatic nitrogens is 2. The summed E-state index contributed by atoms with van der Waals surface area (Å²) < 4.78 is 0. The van der Waals surface area contributed by atoms with Gasteiger partial charge < -0.3 is 0 Å². The maximum atomic E-state index is 12.0. The van der Waals surface area contributed by atoms with Crippen molar-refractivity contribution >= 4 is 17.4 Å². The minimum Gasteiger partial charge on any atom is -0.288 e. The molecule has 16 heavy (non-hydrogen) atoms. The van der Waals surface area contributed by atoms with Gasteiger partial charge in [0.25, 0.3) is 0 Å². The molecule has 0 fully saturated rings. The van der Waals surface area contributed by atoms with Crippen molar-refractivity contribution in [1.82, 2.24) is 9.97 Å². The lowest BCUT2D eigenvalue weighted by molar-refractivity contribution is 0.103. The third kappa shape index (κ3) is 2.09. The van der Waals surface area contributed by atoms with Crippen LogP contribution in [0, 0.1) is 6.92 Å². The molecule has 0 aliphatic carbocycles. The average molecular weight is 233 g/mol. The second-order valence-corrected chi connectivity index (χ2v) is 3.74. The zero-order valence-electron chi connectivity index (χ0n) is 8.64. The Morgan fingerprint density at radius 2 is 1.81 bits per heavy atom. The fourth-order valence-electron chi connectivity index (χ4n) is 1.31. The Morgan fingerprint density at radius 1 is 1.19 bits per heavy atom. The van der Waals surface area contributed by atoms with E-state index in [0.29, 0.717) is 22.0 Å². The Labute approximate surface area is 98.1 Å². The molecule has 0 bridgehead atoms. The van der Waals surface area contributed by atoms with Gasteiger partial charge in [0.1, 0.15) is 5.82 Å². The van der Waals surface area contributed by atoms with Gasteiger partial charge in [-0.2, -0.15) is 0 Å². The maximum Gasteiger partial charge on any atom is 0.197 e. The van der Waals surface area contributed by atoms with Crippen molar-refractivity contribution in [3.63, 3.8) is 0 Å². The van der Waals surface area contributed by atoms with E-state index >= 15 is 0 Å². The van der Waals surface area contributed by atoms with Crippen LogP contribution >= 0.6 is 11.6 Å². The Bertz CT molecular complexity index is 523. The summed E-state index contributed by atoms with van der Waals surface area (Å²) in [5.41, 5.74) is 0.912. The van der Waals surface area contributed by atoms with Crippen molar-refractivity contribution in [2.75, 3.05) is 0 Å². The van der Waals surface area contributed by atoms with Crippen molar-refractivity contribution in [2.24, 2.45) is 0 Å². The molecule has 0 amide bonds. The Balaban J connectivity index is 2.40. The first-order valence-corrected chi connectivity index (χ1v) is 5.14. The number of benzene rings is 1. The number of aryl methyl sites for hydroxylation is 1. The Hall–Kier alpha value is -1.74. The van der Waals surface area contributed by atoms with Gasteiger partial charge in [0.15, 0.2) is 5.78 Å². The fourth-order valence-corrected chi connectivity index (χ4v) is 1.53. The van der Waals surface area contributed by atoms with Gasteiger partial charge in [0.2, 0.25) is 0 Å². The van der Waals surface area contributed by atoms with Gasteiger partial charge >= 0.3 is 0 Å². The van der Waals surface area contributed by atoms with Crippen LogP contribution in [0.15, 0.2) is 36.7 Å². The molecule has 0 N–H and O–H groups in total. The monoisotopic (exact) mass is 232 g/mol. The molecule has 1 aromatic carbocycles. The SMILES string of the molecule is Cc1ncc(C(=O)c2ccccc2Cl)cn1. The highest BCUT2D eigenvalue weighted by molar-refractivity contribution is 6.34. The highest BCUT2D eigenvalue weighted by atomic mass is 35.5. The standard InChI is InChI=1S/C12H9ClN2O/c1-8-14-6-9(7-15-8)12(16)10-4-2-3-5-11(10)13/h2-7H,1H3. The van der Waals surface area contributed by atoms with Crippen LogP contribution in [0.3, 0.4) is 0 Å². The van der Waals surface area contributed by atoms with Crippen molar-refractivity contribution < 1.29 is 4.79 Å². The van der Waals surface area contributed by atoms with Crippen LogP contribution in [0.1, 0.15) is 21.7 Å². The molecule has 0 aliphatic heterocycles. The molecule has 0 atom stereocenters. The molecule has 0 spiro atoms. The topological polar surface area (TPSA) is 42.9 Å². The highest BCUT2D eigenvalue weighted by Crippen LogP contribution is 2.18. The predicted octanol–water partition coefficient (Wildman–Crippen LogP) is 2.67. The lowest BCUT2D eigenvalue weighted by Gasteiger charge is -2.02. The van der Waals surface area contributed by atoms with Gasteiger partial charge in [-0.3, -0.25) is 4.79 Å².